The molecule has 0 aliphatic heterocycles. The Morgan fingerprint density at radius 2 is 2.33 bits per heavy atom. The maximum atomic E-state index is 11.7. The van der Waals surface area contributed by atoms with Gasteiger partial charge in [-0.25, -0.2) is 0 Å². The molecule has 0 radical (unpaired) electrons. The normalized spacial score (nSPS) is 14.2. The Labute approximate surface area is 112 Å². The van der Waals surface area contributed by atoms with Gasteiger partial charge in [-0.15, -0.1) is 0 Å². The van der Waals surface area contributed by atoms with Crippen molar-refractivity contribution < 1.29 is 9.90 Å². The number of aliphatic hydroxyl groups excluding tert-OH is 1. The van der Waals surface area contributed by atoms with E-state index >= 15 is 0 Å². The lowest BCUT2D eigenvalue weighted by atomic mass is 10.2. The quantitative estimate of drug-likeness (QED) is 0.630. The molecule has 0 aliphatic rings. The first-order chi connectivity index (χ1) is 8.65. The average Bonchev–Trinajstić information content (AvgIpc) is 2.89. The molecular formula is C13H22N2O2S. The number of carbonyl (C=O) groups is 1. The summed E-state index contributed by atoms with van der Waals surface area (Å²) in [5.41, 5.74) is 0.895. The van der Waals surface area contributed by atoms with Crippen molar-refractivity contribution in [3.8, 4) is 0 Å². The molecule has 2 atom stereocenters. The van der Waals surface area contributed by atoms with E-state index in [4.69, 9.17) is 0 Å². The van der Waals surface area contributed by atoms with Gasteiger partial charge in [0.15, 0.2) is 0 Å². The van der Waals surface area contributed by atoms with Gasteiger partial charge >= 0.3 is 0 Å². The molecule has 0 saturated carbocycles. The van der Waals surface area contributed by atoms with Gasteiger partial charge in [0, 0.05) is 13.1 Å². The van der Waals surface area contributed by atoms with Crippen LogP contribution in [0.15, 0.2) is 16.8 Å². The molecule has 2 unspecified atom stereocenters. The van der Waals surface area contributed by atoms with E-state index in [1.54, 1.807) is 11.3 Å². The Morgan fingerprint density at radius 1 is 1.56 bits per heavy atom. The van der Waals surface area contributed by atoms with E-state index in [2.05, 4.69) is 17.6 Å². The van der Waals surface area contributed by atoms with Crippen molar-refractivity contribution in [2.75, 3.05) is 13.1 Å². The van der Waals surface area contributed by atoms with Crippen molar-refractivity contribution in [3.63, 3.8) is 0 Å². The fourth-order valence-electron chi connectivity index (χ4n) is 1.51. The molecule has 0 aromatic carbocycles. The van der Waals surface area contributed by atoms with Gasteiger partial charge in [0.25, 0.3) is 0 Å². The van der Waals surface area contributed by atoms with Crippen molar-refractivity contribution in [1.29, 1.82) is 0 Å². The first-order valence-corrected chi connectivity index (χ1v) is 7.30. The van der Waals surface area contributed by atoms with Crippen LogP contribution in [0.4, 0.5) is 0 Å². The number of rotatable bonds is 8. The van der Waals surface area contributed by atoms with Gasteiger partial charge in [-0.2, -0.15) is 11.3 Å². The maximum absolute atomic E-state index is 11.7. The fourth-order valence-corrected chi connectivity index (χ4v) is 2.21. The standard InChI is InChI=1S/C13H22N2O2S/c1-3-4-6-14-13(17)10(2)15-8-12(16)11-5-7-18-9-11/h5,7,9-10,12,15-16H,3-4,6,8H2,1-2H3,(H,14,17). The summed E-state index contributed by atoms with van der Waals surface area (Å²) < 4.78 is 0. The van der Waals surface area contributed by atoms with Gasteiger partial charge in [0.2, 0.25) is 5.91 Å². The Balaban J connectivity index is 2.23. The zero-order valence-corrected chi connectivity index (χ0v) is 11.8. The number of thiophene rings is 1. The molecule has 5 heteroatoms. The van der Waals surface area contributed by atoms with E-state index in [1.165, 1.54) is 0 Å². The average molecular weight is 270 g/mol. The molecule has 4 nitrogen and oxygen atoms in total. The van der Waals surface area contributed by atoms with Gasteiger partial charge in [0.05, 0.1) is 12.1 Å². The number of hydrogen-bond acceptors (Lipinski definition) is 4. The van der Waals surface area contributed by atoms with Crippen LogP contribution >= 0.6 is 11.3 Å². The van der Waals surface area contributed by atoms with Gasteiger partial charge in [-0.3, -0.25) is 4.79 Å². The lowest BCUT2D eigenvalue weighted by Crippen LogP contribution is -2.43. The minimum absolute atomic E-state index is 0.0130. The van der Waals surface area contributed by atoms with Crippen LogP contribution in [0.2, 0.25) is 0 Å². The highest BCUT2D eigenvalue weighted by Crippen LogP contribution is 2.15. The molecule has 0 saturated heterocycles. The summed E-state index contributed by atoms with van der Waals surface area (Å²) >= 11 is 1.56. The Morgan fingerprint density at radius 3 is 2.94 bits per heavy atom. The smallest absolute Gasteiger partial charge is 0.236 e. The van der Waals surface area contributed by atoms with E-state index in [-0.39, 0.29) is 11.9 Å². The summed E-state index contributed by atoms with van der Waals surface area (Å²) in [7, 11) is 0. The highest BCUT2D eigenvalue weighted by atomic mass is 32.1. The minimum Gasteiger partial charge on any atom is -0.387 e. The lowest BCUT2D eigenvalue weighted by molar-refractivity contribution is -0.122. The summed E-state index contributed by atoms with van der Waals surface area (Å²) in [6, 6.07) is 1.61. The molecule has 0 spiro atoms. The molecule has 1 amide bonds. The van der Waals surface area contributed by atoms with Crippen molar-refractivity contribution in [2.45, 2.75) is 38.8 Å². The molecule has 1 aromatic heterocycles. The van der Waals surface area contributed by atoms with Crippen molar-refractivity contribution >= 4 is 17.2 Å². The molecule has 3 N–H and O–H groups in total. The van der Waals surface area contributed by atoms with Crippen LogP contribution in [0.5, 0.6) is 0 Å². The number of nitrogens with one attached hydrogen (secondary N) is 2. The summed E-state index contributed by atoms with van der Waals surface area (Å²) in [4.78, 5) is 11.7. The highest BCUT2D eigenvalue weighted by molar-refractivity contribution is 7.07. The number of carbonyl (C=O) groups excluding carboxylic acids is 1. The predicted molar refractivity (Wildman–Crippen MR) is 74.7 cm³/mol. The van der Waals surface area contributed by atoms with Gasteiger partial charge < -0.3 is 15.7 Å². The molecule has 1 aromatic rings. The van der Waals surface area contributed by atoms with E-state index < -0.39 is 6.10 Å². The minimum atomic E-state index is -0.554. The highest BCUT2D eigenvalue weighted by Gasteiger charge is 2.14. The van der Waals surface area contributed by atoms with Crippen molar-refractivity contribution in [1.82, 2.24) is 10.6 Å². The Kier molecular flexibility index (Phi) is 6.93. The monoisotopic (exact) mass is 270 g/mol. The number of amides is 1. The zero-order valence-electron chi connectivity index (χ0n) is 11.0. The summed E-state index contributed by atoms with van der Waals surface area (Å²) in [5, 5.41) is 19.6. The molecule has 1 rings (SSSR count). The van der Waals surface area contributed by atoms with Gasteiger partial charge in [-0.1, -0.05) is 13.3 Å². The summed E-state index contributed by atoms with van der Waals surface area (Å²) in [5.74, 6) is -0.0130. The second-order valence-corrected chi connectivity index (χ2v) is 5.13. The zero-order chi connectivity index (χ0) is 13.4. The molecular weight excluding hydrogens is 248 g/mol. The third-order valence-electron chi connectivity index (χ3n) is 2.77. The molecule has 1 heterocycles. The number of hydrogen-bond donors (Lipinski definition) is 3. The molecule has 0 fully saturated rings. The fraction of sp³-hybridized carbons (Fsp3) is 0.615. The second kappa shape index (κ2) is 8.24. The van der Waals surface area contributed by atoms with Gasteiger partial charge in [-0.05, 0) is 35.7 Å². The maximum Gasteiger partial charge on any atom is 0.236 e. The molecule has 18 heavy (non-hydrogen) atoms. The number of unbranched alkanes of at least 4 members (excludes halogenated alkanes) is 1. The van der Waals surface area contributed by atoms with Crippen LogP contribution in [-0.4, -0.2) is 30.1 Å². The topological polar surface area (TPSA) is 61.4 Å². The van der Waals surface area contributed by atoms with Crippen LogP contribution in [0, 0.1) is 0 Å². The van der Waals surface area contributed by atoms with E-state index in [0.717, 1.165) is 18.4 Å². The third-order valence-corrected chi connectivity index (χ3v) is 3.47. The predicted octanol–water partition coefficient (Wildman–Crippen LogP) is 1.68. The first-order valence-electron chi connectivity index (χ1n) is 6.36. The lowest BCUT2D eigenvalue weighted by Gasteiger charge is -2.16. The SMILES string of the molecule is CCCCNC(=O)C(C)NCC(O)c1ccsc1. The molecule has 0 bridgehead atoms. The van der Waals surface area contributed by atoms with E-state index in [1.807, 2.05) is 23.8 Å². The largest absolute Gasteiger partial charge is 0.387 e. The first kappa shape index (κ1) is 15.1. The van der Waals surface area contributed by atoms with Crippen LogP contribution < -0.4 is 10.6 Å². The Bertz CT molecular complexity index is 341. The van der Waals surface area contributed by atoms with E-state index in [9.17, 15) is 9.90 Å². The summed E-state index contributed by atoms with van der Waals surface area (Å²) in [6.45, 7) is 5.00. The number of aliphatic hydroxyl groups is 1. The Hall–Kier alpha value is -0.910. The van der Waals surface area contributed by atoms with Crippen LogP contribution in [0.1, 0.15) is 38.4 Å². The van der Waals surface area contributed by atoms with Crippen LogP contribution in [0.25, 0.3) is 0 Å². The molecule has 0 aliphatic carbocycles. The van der Waals surface area contributed by atoms with Crippen LogP contribution in [-0.2, 0) is 4.79 Å². The third kappa shape index (κ3) is 5.16. The van der Waals surface area contributed by atoms with Crippen molar-refractivity contribution in [3.05, 3.63) is 22.4 Å². The molecule has 102 valence electrons. The second-order valence-electron chi connectivity index (χ2n) is 4.35. The van der Waals surface area contributed by atoms with Crippen LogP contribution in [0.3, 0.4) is 0 Å². The van der Waals surface area contributed by atoms with E-state index in [0.29, 0.717) is 13.1 Å². The summed E-state index contributed by atoms with van der Waals surface area (Å²) in [6.07, 6.45) is 1.51. The van der Waals surface area contributed by atoms with Gasteiger partial charge in [0.1, 0.15) is 0 Å². The van der Waals surface area contributed by atoms with Crippen molar-refractivity contribution in [2.24, 2.45) is 0 Å².